The molecule has 4 heteroatoms. The lowest BCUT2D eigenvalue weighted by Gasteiger charge is -2.03. The minimum absolute atomic E-state index is 0.205. The van der Waals surface area contributed by atoms with E-state index in [1.807, 2.05) is 48.5 Å². The van der Waals surface area contributed by atoms with Crippen molar-refractivity contribution in [3.05, 3.63) is 64.1 Å². The maximum Gasteiger partial charge on any atom is 0.270 e. The quantitative estimate of drug-likeness (QED) is 0.691. The Hall–Kier alpha value is -2.52. The molecule has 100 valence electrons. The van der Waals surface area contributed by atoms with Crippen LogP contribution in [0.1, 0.15) is 0 Å². The highest BCUT2D eigenvalue weighted by molar-refractivity contribution is 6.31. The third-order valence-electron chi connectivity index (χ3n) is 3.48. The first-order valence-corrected chi connectivity index (χ1v) is 6.88. The number of halogens is 1. The molecular weight excluding hydrogens is 284 g/mol. The van der Waals surface area contributed by atoms with Crippen LogP contribution in [-0.4, -0.2) is 10.9 Å². The highest BCUT2D eigenvalue weighted by atomic mass is 35.5. The molecule has 3 aromatic rings. The number of benzene rings is 2. The van der Waals surface area contributed by atoms with Gasteiger partial charge >= 0.3 is 0 Å². The summed E-state index contributed by atoms with van der Waals surface area (Å²) in [6.07, 6.45) is 1.54. The summed E-state index contributed by atoms with van der Waals surface area (Å²) < 4.78 is 0. The molecule has 1 aliphatic heterocycles. The van der Waals surface area contributed by atoms with E-state index >= 15 is 0 Å². The van der Waals surface area contributed by atoms with E-state index in [2.05, 4.69) is 9.98 Å². The van der Waals surface area contributed by atoms with Crippen LogP contribution >= 0.6 is 11.6 Å². The van der Waals surface area contributed by atoms with Gasteiger partial charge in [-0.2, -0.15) is 0 Å². The molecule has 0 bridgehead atoms. The van der Waals surface area contributed by atoms with E-state index in [0.717, 1.165) is 32.7 Å². The van der Waals surface area contributed by atoms with Crippen LogP contribution in [0.15, 0.2) is 53.5 Å². The number of hydrogen-bond acceptors (Lipinski definition) is 2. The largest absolute Gasteiger partial charge is 0.270 e. The molecule has 0 saturated carbocycles. The van der Waals surface area contributed by atoms with Crippen LogP contribution in [0.25, 0.3) is 28.2 Å². The lowest BCUT2D eigenvalue weighted by molar-refractivity contribution is -0.112. The van der Waals surface area contributed by atoms with Crippen LogP contribution in [0.4, 0.5) is 0 Å². The molecule has 0 spiro atoms. The molecule has 3 nitrogen and oxygen atoms in total. The van der Waals surface area contributed by atoms with Gasteiger partial charge in [-0.25, -0.2) is 9.98 Å². The van der Waals surface area contributed by atoms with Gasteiger partial charge in [0.15, 0.2) is 0 Å². The Morgan fingerprint density at radius 2 is 1.86 bits per heavy atom. The monoisotopic (exact) mass is 292 g/mol. The number of rotatable bonds is 1. The Labute approximate surface area is 125 Å². The number of fused-ring (bicyclic) bond motifs is 2. The van der Waals surface area contributed by atoms with Crippen molar-refractivity contribution < 1.29 is 4.79 Å². The van der Waals surface area contributed by atoms with Crippen molar-refractivity contribution in [3.63, 3.8) is 0 Å². The fourth-order valence-corrected chi connectivity index (χ4v) is 2.65. The van der Waals surface area contributed by atoms with Crippen LogP contribution in [0.5, 0.6) is 0 Å². The molecule has 0 aliphatic carbocycles. The van der Waals surface area contributed by atoms with E-state index in [0.29, 0.717) is 5.02 Å². The normalized spacial score (nSPS) is 12.9. The van der Waals surface area contributed by atoms with Gasteiger partial charge in [-0.05, 0) is 36.4 Å². The number of amides is 1. The number of carbonyl (C=O) groups excluding carboxylic acids is 1. The Bertz CT molecular complexity index is 1020. The molecule has 21 heavy (non-hydrogen) atoms. The van der Waals surface area contributed by atoms with Crippen molar-refractivity contribution in [2.45, 2.75) is 0 Å². The van der Waals surface area contributed by atoms with Gasteiger partial charge in [0.1, 0.15) is 0 Å². The van der Waals surface area contributed by atoms with Crippen LogP contribution in [0, 0.1) is 0 Å². The third kappa shape index (κ3) is 2.12. The number of pyridine rings is 1. The second-order valence-corrected chi connectivity index (χ2v) is 5.34. The number of aromatic nitrogens is 1. The minimum atomic E-state index is -0.205. The molecule has 1 aromatic heterocycles. The highest BCUT2D eigenvalue weighted by Crippen LogP contribution is 2.22. The van der Waals surface area contributed by atoms with Gasteiger partial charge in [0.25, 0.3) is 5.91 Å². The van der Waals surface area contributed by atoms with Crippen molar-refractivity contribution in [1.82, 2.24) is 4.98 Å². The second-order valence-electron chi connectivity index (χ2n) is 4.90. The van der Waals surface area contributed by atoms with Crippen molar-refractivity contribution in [2.24, 2.45) is 4.99 Å². The molecule has 0 N–H and O–H groups in total. The molecule has 1 amide bonds. The predicted molar refractivity (Wildman–Crippen MR) is 82.4 cm³/mol. The van der Waals surface area contributed by atoms with Crippen LogP contribution in [0.3, 0.4) is 0 Å². The van der Waals surface area contributed by atoms with Gasteiger partial charge in [0, 0.05) is 27.3 Å². The summed E-state index contributed by atoms with van der Waals surface area (Å²) in [5, 5.41) is 3.26. The average Bonchev–Trinajstić information content (AvgIpc) is 2.85. The average molecular weight is 293 g/mol. The van der Waals surface area contributed by atoms with Crippen LogP contribution in [-0.2, 0) is 4.79 Å². The first kappa shape index (κ1) is 12.2. The van der Waals surface area contributed by atoms with Gasteiger partial charge in [-0.1, -0.05) is 23.7 Å². The van der Waals surface area contributed by atoms with E-state index < -0.39 is 0 Å². The fourth-order valence-electron chi connectivity index (χ4n) is 2.47. The number of nitrogens with zero attached hydrogens (tertiary/aromatic N) is 2. The molecule has 2 aromatic carbocycles. The third-order valence-corrected chi connectivity index (χ3v) is 3.72. The van der Waals surface area contributed by atoms with Crippen molar-refractivity contribution in [3.8, 4) is 11.3 Å². The van der Waals surface area contributed by atoms with Gasteiger partial charge in [0.05, 0.1) is 16.6 Å². The van der Waals surface area contributed by atoms with Crippen molar-refractivity contribution in [1.29, 1.82) is 0 Å². The summed E-state index contributed by atoms with van der Waals surface area (Å²) in [6, 6.07) is 15.3. The van der Waals surface area contributed by atoms with E-state index in [1.165, 1.54) is 0 Å². The zero-order valence-electron chi connectivity index (χ0n) is 10.9. The molecule has 0 unspecified atom stereocenters. The van der Waals surface area contributed by atoms with Crippen molar-refractivity contribution in [2.75, 3.05) is 0 Å². The maximum atomic E-state index is 11.3. The number of carbonyl (C=O) groups is 1. The molecule has 1 aliphatic rings. The molecule has 0 atom stereocenters. The first-order valence-electron chi connectivity index (χ1n) is 6.50. The zero-order valence-corrected chi connectivity index (χ0v) is 11.6. The van der Waals surface area contributed by atoms with Gasteiger partial charge in [0.2, 0.25) is 0 Å². The standard InChI is InChI=1S/C17H9ClN2O/c18-13-3-6-15-11(8-13)2-4-14(19-15)10-1-5-16-12(7-10)9-17(21)20-16/h1-9H. The molecular formula is C17H9ClN2O. The summed E-state index contributed by atoms with van der Waals surface area (Å²) in [6.45, 7) is 0. The maximum absolute atomic E-state index is 11.3. The second kappa shape index (κ2) is 4.50. The van der Waals surface area contributed by atoms with E-state index in [1.54, 1.807) is 6.08 Å². The summed E-state index contributed by atoms with van der Waals surface area (Å²) >= 11 is 5.98. The summed E-state index contributed by atoms with van der Waals surface area (Å²) in [4.78, 5) is 19.9. The van der Waals surface area contributed by atoms with Gasteiger partial charge < -0.3 is 0 Å². The molecule has 0 fully saturated rings. The number of hydrogen-bond donors (Lipinski definition) is 0. The van der Waals surface area contributed by atoms with E-state index in [-0.39, 0.29) is 5.91 Å². The Morgan fingerprint density at radius 1 is 0.952 bits per heavy atom. The zero-order chi connectivity index (χ0) is 14.4. The van der Waals surface area contributed by atoms with Gasteiger partial charge in [-0.3, -0.25) is 4.79 Å². The Kier molecular flexibility index (Phi) is 2.62. The SMILES string of the molecule is O=C1C=c2cc(-c3ccc4cc(Cl)ccc4n3)ccc2=N1. The Morgan fingerprint density at radius 3 is 2.76 bits per heavy atom. The summed E-state index contributed by atoms with van der Waals surface area (Å²) in [5.41, 5.74) is 2.72. The first-order chi connectivity index (χ1) is 10.2. The smallest absolute Gasteiger partial charge is 0.267 e. The predicted octanol–water partition coefficient (Wildman–Crippen LogP) is 2.50. The lowest BCUT2D eigenvalue weighted by Crippen LogP contribution is -2.20. The lowest BCUT2D eigenvalue weighted by atomic mass is 10.1. The highest BCUT2D eigenvalue weighted by Gasteiger charge is 2.06. The molecule has 0 saturated heterocycles. The van der Waals surface area contributed by atoms with Gasteiger partial charge in [-0.15, -0.1) is 0 Å². The van der Waals surface area contributed by atoms with Crippen LogP contribution < -0.4 is 10.6 Å². The molecule has 4 rings (SSSR count). The van der Waals surface area contributed by atoms with E-state index in [4.69, 9.17) is 11.6 Å². The van der Waals surface area contributed by atoms with Crippen LogP contribution in [0.2, 0.25) is 5.02 Å². The Balaban J connectivity index is 1.90. The topological polar surface area (TPSA) is 42.3 Å². The summed E-state index contributed by atoms with van der Waals surface area (Å²) in [7, 11) is 0. The molecule has 0 radical (unpaired) electrons. The van der Waals surface area contributed by atoms with E-state index in [9.17, 15) is 4.79 Å². The minimum Gasteiger partial charge on any atom is -0.267 e. The van der Waals surface area contributed by atoms with Crippen molar-refractivity contribution >= 4 is 34.5 Å². The fraction of sp³-hybridized carbons (Fsp3) is 0. The molecule has 2 heterocycles. The summed E-state index contributed by atoms with van der Waals surface area (Å²) in [5.74, 6) is -0.205.